The fraction of sp³-hybridized carbons (Fsp3) is 0.571. The van der Waals surface area contributed by atoms with Crippen LogP contribution in [0.2, 0.25) is 5.02 Å². The number of hydrogen-bond donors (Lipinski definition) is 1. The van der Waals surface area contributed by atoms with E-state index in [9.17, 15) is 0 Å². The third kappa shape index (κ3) is 4.57. The first-order chi connectivity index (χ1) is 8.04. The summed E-state index contributed by atoms with van der Waals surface area (Å²) in [7, 11) is 0. The summed E-state index contributed by atoms with van der Waals surface area (Å²) in [5.41, 5.74) is 2.52. The van der Waals surface area contributed by atoms with Crippen LogP contribution in [0.25, 0.3) is 0 Å². The summed E-state index contributed by atoms with van der Waals surface area (Å²) in [5.74, 6) is 0.784. The Bertz CT molecular complexity index is 363. The van der Waals surface area contributed by atoms with Crippen molar-refractivity contribution in [2.45, 2.75) is 40.2 Å². The molecule has 0 heterocycles. The molecule has 1 aromatic carbocycles. The topological polar surface area (TPSA) is 21.3 Å². The SMILES string of the molecule is CCOc1cc(C)c(CCNC(C)C)cc1Cl. The minimum Gasteiger partial charge on any atom is -0.492 e. The summed E-state index contributed by atoms with van der Waals surface area (Å²) in [4.78, 5) is 0. The van der Waals surface area contributed by atoms with E-state index >= 15 is 0 Å². The lowest BCUT2D eigenvalue weighted by Gasteiger charge is -2.13. The van der Waals surface area contributed by atoms with Crippen molar-refractivity contribution in [3.8, 4) is 5.75 Å². The van der Waals surface area contributed by atoms with Crippen molar-refractivity contribution in [3.05, 3.63) is 28.3 Å². The van der Waals surface area contributed by atoms with Gasteiger partial charge in [0.2, 0.25) is 0 Å². The first-order valence-corrected chi connectivity index (χ1v) is 6.57. The third-order valence-electron chi connectivity index (χ3n) is 2.64. The van der Waals surface area contributed by atoms with Crippen molar-refractivity contribution in [1.29, 1.82) is 0 Å². The molecule has 1 rings (SSSR count). The maximum absolute atomic E-state index is 6.18. The van der Waals surface area contributed by atoms with Crippen molar-refractivity contribution >= 4 is 11.6 Å². The van der Waals surface area contributed by atoms with Gasteiger partial charge in [-0.2, -0.15) is 0 Å². The molecule has 0 aliphatic rings. The highest BCUT2D eigenvalue weighted by Crippen LogP contribution is 2.28. The van der Waals surface area contributed by atoms with Gasteiger partial charge in [-0.15, -0.1) is 0 Å². The second kappa shape index (κ2) is 6.87. The van der Waals surface area contributed by atoms with Crippen LogP contribution in [-0.4, -0.2) is 19.2 Å². The minimum absolute atomic E-state index is 0.522. The molecule has 0 atom stereocenters. The Morgan fingerprint density at radius 1 is 1.35 bits per heavy atom. The van der Waals surface area contributed by atoms with Gasteiger partial charge in [0, 0.05) is 6.04 Å². The summed E-state index contributed by atoms with van der Waals surface area (Å²) in [5, 5.41) is 4.11. The number of hydrogen-bond acceptors (Lipinski definition) is 2. The van der Waals surface area contributed by atoms with Crippen LogP contribution in [0.4, 0.5) is 0 Å². The fourth-order valence-corrected chi connectivity index (χ4v) is 1.97. The van der Waals surface area contributed by atoms with E-state index in [0.29, 0.717) is 17.7 Å². The Hall–Kier alpha value is -0.730. The van der Waals surface area contributed by atoms with Gasteiger partial charge >= 0.3 is 0 Å². The summed E-state index contributed by atoms with van der Waals surface area (Å²) >= 11 is 6.18. The standard InChI is InChI=1S/C14H22ClNO/c1-5-17-14-8-11(4)12(9-13(14)15)6-7-16-10(2)3/h8-10,16H,5-7H2,1-4H3. The molecule has 0 saturated heterocycles. The molecular weight excluding hydrogens is 234 g/mol. The maximum Gasteiger partial charge on any atom is 0.138 e. The number of aryl methyl sites for hydroxylation is 1. The molecule has 0 aromatic heterocycles. The Labute approximate surface area is 109 Å². The van der Waals surface area contributed by atoms with Crippen molar-refractivity contribution in [1.82, 2.24) is 5.32 Å². The third-order valence-corrected chi connectivity index (χ3v) is 2.93. The summed E-state index contributed by atoms with van der Waals surface area (Å²) in [6.45, 7) is 9.99. The smallest absolute Gasteiger partial charge is 0.138 e. The van der Waals surface area contributed by atoms with E-state index in [1.807, 2.05) is 19.1 Å². The zero-order valence-corrected chi connectivity index (χ0v) is 11.9. The van der Waals surface area contributed by atoms with Gasteiger partial charge in [0.25, 0.3) is 0 Å². The maximum atomic E-state index is 6.18. The van der Waals surface area contributed by atoms with Crippen LogP contribution in [0.15, 0.2) is 12.1 Å². The molecule has 1 N–H and O–H groups in total. The van der Waals surface area contributed by atoms with E-state index in [-0.39, 0.29) is 0 Å². The lowest BCUT2D eigenvalue weighted by atomic mass is 10.1. The van der Waals surface area contributed by atoms with Crippen LogP contribution in [0, 0.1) is 6.92 Å². The van der Waals surface area contributed by atoms with Crippen molar-refractivity contribution in [2.24, 2.45) is 0 Å². The highest BCUT2D eigenvalue weighted by molar-refractivity contribution is 6.32. The molecule has 0 saturated carbocycles. The van der Waals surface area contributed by atoms with E-state index in [1.54, 1.807) is 0 Å². The molecule has 0 aliphatic heterocycles. The van der Waals surface area contributed by atoms with Crippen LogP contribution >= 0.6 is 11.6 Å². The monoisotopic (exact) mass is 255 g/mol. The van der Waals surface area contributed by atoms with E-state index in [4.69, 9.17) is 16.3 Å². The molecule has 96 valence electrons. The van der Waals surface area contributed by atoms with E-state index in [0.717, 1.165) is 18.7 Å². The zero-order chi connectivity index (χ0) is 12.8. The van der Waals surface area contributed by atoms with Crippen molar-refractivity contribution in [3.63, 3.8) is 0 Å². The Morgan fingerprint density at radius 3 is 2.65 bits per heavy atom. The molecule has 0 unspecified atom stereocenters. The molecule has 1 aromatic rings. The highest BCUT2D eigenvalue weighted by Gasteiger charge is 2.06. The second-order valence-electron chi connectivity index (χ2n) is 4.50. The zero-order valence-electron chi connectivity index (χ0n) is 11.1. The quantitative estimate of drug-likeness (QED) is 0.839. The number of ether oxygens (including phenoxy) is 1. The molecule has 17 heavy (non-hydrogen) atoms. The number of halogens is 1. The molecule has 2 nitrogen and oxygen atoms in total. The lowest BCUT2D eigenvalue weighted by molar-refractivity contribution is 0.340. The van der Waals surface area contributed by atoms with Crippen LogP contribution in [0.1, 0.15) is 31.9 Å². The molecule has 0 radical (unpaired) electrons. The van der Waals surface area contributed by atoms with Crippen LogP contribution < -0.4 is 10.1 Å². The molecular formula is C14H22ClNO. The van der Waals surface area contributed by atoms with Gasteiger partial charge in [-0.1, -0.05) is 25.4 Å². The lowest BCUT2D eigenvalue weighted by Crippen LogP contribution is -2.25. The van der Waals surface area contributed by atoms with Crippen LogP contribution in [0.3, 0.4) is 0 Å². The summed E-state index contributed by atoms with van der Waals surface area (Å²) in [6, 6.07) is 4.56. The van der Waals surface area contributed by atoms with Crippen LogP contribution in [-0.2, 0) is 6.42 Å². The molecule has 0 amide bonds. The van der Waals surface area contributed by atoms with Crippen molar-refractivity contribution in [2.75, 3.05) is 13.2 Å². The van der Waals surface area contributed by atoms with Crippen LogP contribution in [0.5, 0.6) is 5.75 Å². The molecule has 0 bridgehead atoms. The van der Waals surface area contributed by atoms with Gasteiger partial charge in [0.1, 0.15) is 5.75 Å². The Morgan fingerprint density at radius 2 is 2.06 bits per heavy atom. The van der Waals surface area contributed by atoms with Gasteiger partial charge in [-0.25, -0.2) is 0 Å². The normalized spacial score (nSPS) is 10.9. The summed E-state index contributed by atoms with van der Waals surface area (Å²) < 4.78 is 5.47. The molecule has 0 aliphatic carbocycles. The fourth-order valence-electron chi connectivity index (χ4n) is 1.73. The number of nitrogens with one attached hydrogen (secondary N) is 1. The van der Waals surface area contributed by atoms with E-state index in [1.165, 1.54) is 11.1 Å². The average molecular weight is 256 g/mol. The molecule has 3 heteroatoms. The average Bonchev–Trinajstić information content (AvgIpc) is 2.24. The minimum atomic E-state index is 0.522. The first kappa shape index (κ1) is 14.3. The highest BCUT2D eigenvalue weighted by atomic mass is 35.5. The van der Waals surface area contributed by atoms with Gasteiger partial charge in [-0.3, -0.25) is 0 Å². The largest absolute Gasteiger partial charge is 0.492 e. The van der Waals surface area contributed by atoms with E-state index in [2.05, 4.69) is 26.1 Å². The molecule has 0 spiro atoms. The number of benzene rings is 1. The van der Waals surface area contributed by atoms with E-state index < -0.39 is 0 Å². The van der Waals surface area contributed by atoms with Crippen molar-refractivity contribution < 1.29 is 4.74 Å². The second-order valence-corrected chi connectivity index (χ2v) is 4.91. The van der Waals surface area contributed by atoms with Gasteiger partial charge in [-0.05, 0) is 50.1 Å². The van der Waals surface area contributed by atoms with Gasteiger partial charge in [0.05, 0.1) is 11.6 Å². The molecule has 0 fully saturated rings. The Kier molecular flexibility index (Phi) is 5.79. The Balaban J connectivity index is 2.70. The predicted molar refractivity (Wildman–Crippen MR) is 74.2 cm³/mol. The first-order valence-electron chi connectivity index (χ1n) is 6.19. The predicted octanol–water partition coefficient (Wildman–Crippen LogP) is 3.59. The summed E-state index contributed by atoms with van der Waals surface area (Å²) in [6.07, 6.45) is 0.996. The van der Waals surface area contributed by atoms with Gasteiger partial charge < -0.3 is 10.1 Å². The number of rotatable bonds is 6. The van der Waals surface area contributed by atoms with Gasteiger partial charge in [0.15, 0.2) is 0 Å².